The first-order valence-electron chi connectivity index (χ1n) is 8.19. The Kier molecular flexibility index (Phi) is 8.78. The number of carbonyl (C=O) groups excluding carboxylic acids is 2. The number of halogens is 2. The van der Waals surface area contributed by atoms with Gasteiger partial charge in [-0.2, -0.15) is 0 Å². The van der Waals surface area contributed by atoms with E-state index in [0.717, 1.165) is 16.5 Å². The number of methoxy groups -OCH3 is 1. The molecule has 0 bridgehead atoms. The summed E-state index contributed by atoms with van der Waals surface area (Å²) in [6.07, 6.45) is 1.39. The van der Waals surface area contributed by atoms with E-state index >= 15 is 0 Å². The molecule has 6 heteroatoms. The molecule has 1 aromatic carbocycles. The van der Waals surface area contributed by atoms with E-state index in [4.69, 9.17) is 9.47 Å². The Hall–Kier alpha value is -0.720. The number of hydrogen-bond donors (Lipinski definition) is 0. The molecule has 25 heavy (non-hydrogen) atoms. The highest BCUT2D eigenvalue weighted by Gasteiger charge is 2.34. The molecule has 0 fully saturated rings. The van der Waals surface area contributed by atoms with Gasteiger partial charge in [0.05, 0.1) is 29.9 Å². The van der Waals surface area contributed by atoms with Crippen LogP contribution in [0.15, 0.2) is 28.7 Å². The van der Waals surface area contributed by atoms with E-state index in [1.165, 1.54) is 7.11 Å². The summed E-state index contributed by atoms with van der Waals surface area (Å²) >= 11 is 6.76. The fraction of sp³-hybridized carbons (Fsp3) is 0.579. The molecule has 4 nitrogen and oxygen atoms in total. The van der Waals surface area contributed by atoms with Crippen molar-refractivity contribution in [2.45, 2.75) is 39.0 Å². The second-order valence-corrected chi connectivity index (χ2v) is 8.41. The predicted octanol–water partition coefficient (Wildman–Crippen LogP) is 4.67. The first-order valence-corrected chi connectivity index (χ1v) is 10.1. The highest BCUT2D eigenvalue weighted by atomic mass is 79.9. The van der Waals surface area contributed by atoms with Crippen LogP contribution in [0.5, 0.6) is 0 Å². The molecule has 0 spiro atoms. The first kappa shape index (κ1) is 22.3. The van der Waals surface area contributed by atoms with Gasteiger partial charge in [-0.25, -0.2) is 0 Å². The van der Waals surface area contributed by atoms with Crippen LogP contribution in [0.4, 0.5) is 0 Å². The van der Waals surface area contributed by atoms with Gasteiger partial charge in [0, 0.05) is 11.1 Å². The van der Waals surface area contributed by atoms with Crippen molar-refractivity contribution >= 4 is 43.6 Å². The third kappa shape index (κ3) is 6.19. The van der Waals surface area contributed by atoms with Gasteiger partial charge in [0.25, 0.3) is 0 Å². The Bertz CT molecular complexity index is 601. The van der Waals surface area contributed by atoms with E-state index in [1.807, 2.05) is 31.2 Å². The molecule has 1 unspecified atom stereocenters. The number of benzene rings is 1. The molecule has 1 rings (SSSR count). The lowest BCUT2D eigenvalue weighted by Gasteiger charge is -2.29. The van der Waals surface area contributed by atoms with E-state index in [2.05, 4.69) is 31.9 Å². The molecule has 0 aromatic heterocycles. The van der Waals surface area contributed by atoms with Crippen molar-refractivity contribution in [3.63, 3.8) is 0 Å². The van der Waals surface area contributed by atoms with Crippen LogP contribution in [0, 0.1) is 5.41 Å². The van der Waals surface area contributed by atoms with Crippen molar-refractivity contribution in [2.24, 2.45) is 5.41 Å². The van der Waals surface area contributed by atoms with Crippen molar-refractivity contribution in [3.8, 4) is 0 Å². The normalized spacial score (nSPS) is 14.0. The summed E-state index contributed by atoms with van der Waals surface area (Å²) in [6, 6.07) is 7.85. The minimum atomic E-state index is -0.673. The molecule has 0 radical (unpaired) electrons. The van der Waals surface area contributed by atoms with Crippen molar-refractivity contribution in [1.29, 1.82) is 0 Å². The van der Waals surface area contributed by atoms with Gasteiger partial charge in [0.2, 0.25) is 0 Å². The molecule has 0 aliphatic rings. The quantitative estimate of drug-likeness (QED) is 0.279. The van der Waals surface area contributed by atoms with Crippen LogP contribution in [-0.4, -0.2) is 37.4 Å². The van der Waals surface area contributed by atoms with Gasteiger partial charge in [-0.15, -0.1) is 0 Å². The third-order valence-corrected chi connectivity index (χ3v) is 5.37. The van der Waals surface area contributed by atoms with Crippen LogP contribution in [0.1, 0.15) is 39.2 Å². The summed E-state index contributed by atoms with van der Waals surface area (Å²) < 4.78 is 11.4. The van der Waals surface area contributed by atoms with Crippen LogP contribution < -0.4 is 0 Å². The number of rotatable bonds is 10. The number of ketones is 1. The van der Waals surface area contributed by atoms with E-state index in [9.17, 15) is 9.59 Å². The molecule has 0 N–H and O–H groups in total. The van der Waals surface area contributed by atoms with E-state index in [0.29, 0.717) is 25.0 Å². The van der Waals surface area contributed by atoms with Gasteiger partial charge in [-0.1, -0.05) is 44.0 Å². The topological polar surface area (TPSA) is 52.6 Å². The van der Waals surface area contributed by atoms with Crippen molar-refractivity contribution in [1.82, 2.24) is 0 Å². The molecule has 0 amide bonds. The molecule has 140 valence electrons. The summed E-state index contributed by atoms with van der Waals surface area (Å²) in [6.45, 7) is 6.33. The van der Waals surface area contributed by atoms with Gasteiger partial charge < -0.3 is 9.47 Å². The smallest absolute Gasteiger partial charge is 0.313 e. The Morgan fingerprint density at radius 1 is 1.20 bits per heavy atom. The predicted molar refractivity (Wildman–Crippen MR) is 106 cm³/mol. The van der Waals surface area contributed by atoms with Crippen LogP contribution in [-0.2, 0) is 24.5 Å². The van der Waals surface area contributed by atoms with Crippen LogP contribution in [0.2, 0.25) is 0 Å². The van der Waals surface area contributed by atoms with Crippen LogP contribution in [0.3, 0.4) is 0 Å². The minimum Gasteiger partial charge on any atom is -0.469 e. The minimum absolute atomic E-state index is 0.139. The van der Waals surface area contributed by atoms with E-state index in [1.54, 1.807) is 13.8 Å². The number of ether oxygens (including phenoxy) is 2. The number of carbonyl (C=O) groups is 2. The summed E-state index contributed by atoms with van der Waals surface area (Å²) in [4.78, 5) is 24.2. The van der Waals surface area contributed by atoms with Crippen molar-refractivity contribution in [3.05, 3.63) is 34.3 Å². The Labute approximate surface area is 166 Å². The molecule has 0 saturated carbocycles. The highest BCUT2D eigenvalue weighted by molar-refractivity contribution is 9.10. The van der Waals surface area contributed by atoms with E-state index in [-0.39, 0.29) is 11.8 Å². The monoisotopic (exact) mass is 476 g/mol. The fourth-order valence-electron chi connectivity index (χ4n) is 2.61. The highest BCUT2D eigenvalue weighted by Crippen LogP contribution is 2.32. The number of Topliss-reactive ketones (excluding diaryl/α,β-unsaturated/α-hetero) is 1. The van der Waals surface area contributed by atoms with Gasteiger partial charge >= 0.3 is 5.97 Å². The van der Waals surface area contributed by atoms with Crippen molar-refractivity contribution < 1.29 is 19.1 Å². The van der Waals surface area contributed by atoms with Gasteiger partial charge in [-0.05, 0) is 51.3 Å². The molecular formula is C19H26Br2O4. The summed E-state index contributed by atoms with van der Waals surface area (Å²) in [5, 5.41) is 0.312. The molecule has 1 atom stereocenters. The zero-order valence-corrected chi connectivity index (χ0v) is 18.4. The van der Waals surface area contributed by atoms with E-state index < -0.39 is 10.8 Å². The standard InChI is InChI=1S/C19H26Br2O4/c1-18(2,17(23)24-4)13-25-10-6-9-19(3,16(22)12-20)14-7-5-8-15(21)11-14/h5,7-8,11H,6,9-10,12-13H2,1-4H3. The summed E-state index contributed by atoms with van der Waals surface area (Å²) in [5.41, 5.74) is -0.260. The zero-order valence-electron chi connectivity index (χ0n) is 15.2. The molecular weight excluding hydrogens is 452 g/mol. The Morgan fingerprint density at radius 2 is 1.88 bits per heavy atom. The van der Waals surface area contributed by atoms with Crippen LogP contribution in [0.25, 0.3) is 0 Å². The lowest BCUT2D eigenvalue weighted by atomic mass is 9.75. The maximum Gasteiger partial charge on any atom is 0.313 e. The third-order valence-electron chi connectivity index (χ3n) is 4.36. The largest absolute Gasteiger partial charge is 0.469 e. The average Bonchev–Trinajstić information content (AvgIpc) is 2.59. The fourth-order valence-corrected chi connectivity index (χ4v) is 3.63. The second-order valence-electron chi connectivity index (χ2n) is 6.93. The SMILES string of the molecule is COC(=O)C(C)(C)COCCCC(C)(C(=O)CBr)c1cccc(Br)c1. The lowest BCUT2D eigenvalue weighted by molar-refractivity contribution is -0.154. The Morgan fingerprint density at radius 3 is 2.44 bits per heavy atom. The zero-order chi connectivity index (χ0) is 19.1. The average molecular weight is 478 g/mol. The molecule has 0 aliphatic carbocycles. The molecule has 0 aliphatic heterocycles. The van der Waals surface area contributed by atoms with Gasteiger partial charge in [0.1, 0.15) is 0 Å². The lowest BCUT2D eigenvalue weighted by Crippen LogP contribution is -2.34. The number of alkyl halides is 1. The molecule has 1 aromatic rings. The summed E-state index contributed by atoms with van der Waals surface area (Å²) in [5.74, 6) is -0.151. The maximum absolute atomic E-state index is 12.5. The van der Waals surface area contributed by atoms with Crippen molar-refractivity contribution in [2.75, 3.05) is 25.7 Å². The van der Waals surface area contributed by atoms with Gasteiger partial charge in [0.15, 0.2) is 5.78 Å². The van der Waals surface area contributed by atoms with Crippen LogP contribution >= 0.6 is 31.9 Å². The maximum atomic E-state index is 12.5. The molecule has 0 heterocycles. The first-order chi connectivity index (χ1) is 11.7. The number of esters is 1. The molecule has 0 saturated heterocycles. The second kappa shape index (κ2) is 9.83. The summed E-state index contributed by atoms with van der Waals surface area (Å²) in [7, 11) is 1.37. The number of hydrogen-bond acceptors (Lipinski definition) is 4. The van der Waals surface area contributed by atoms with Gasteiger partial charge in [-0.3, -0.25) is 9.59 Å². The Balaban J connectivity index is 2.67.